The number of nitrogens with one attached hydrogen (secondary N) is 1. The third-order valence-electron chi connectivity index (χ3n) is 2.32. The molecule has 0 radical (unpaired) electrons. The number of aromatic amines is 1. The minimum atomic E-state index is -0.549. The SMILES string of the molecule is CCOC(=O)Cc1[nH]c(C(=O)Cl)c(SC)c1C. The van der Waals surface area contributed by atoms with Crippen LogP contribution < -0.4 is 0 Å². The number of thioether (sulfide) groups is 1. The summed E-state index contributed by atoms with van der Waals surface area (Å²) in [7, 11) is 0. The third kappa shape index (κ3) is 3.26. The molecule has 0 atom stereocenters. The fraction of sp³-hybridized carbons (Fsp3) is 0.455. The predicted octanol–water partition coefficient (Wildman–Crippen LogP) is 2.53. The number of carbonyl (C=O) groups is 2. The first-order valence-electron chi connectivity index (χ1n) is 5.12. The second-order valence-corrected chi connectivity index (χ2v) is 4.55. The Bertz CT molecular complexity index is 442. The maximum absolute atomic E-state index is 11.4. The van der Waals surface area contributed by atoms with E-state index in [0.29, 0.717) is 18.0 Å². The number of carbonyl (C=O) groups excluding carboxylic acids is 2. The van der Waals surface area contributed by atoms with E-state index < -0.39 is 5.24 Å². The fourth-order valence-corrected chi connectivity index (χ4v) is 2.53. The van der Waals surface area contributed by atoms with Crippen molar-refractivity contribution in [2.24, 2.45) is 0 Å². The van der Waals surface area contributed by atoms with E-state index in [-0.39, 0.29) is 12.4 Å². The number of halogens is 1. The van der Waals surface area contributed by atoms with Gasteiger partial charge in [-0.2, -0.15) is 0 Å². The van der Waals surface area contributed by atoms with Gasteiger partial charge in [0.1, 0.15) is 5.69 Å². The van der Waals surface area contributed by atoms with E-state index >= 15 is 0 Å². The van der Waals surface area contributed by atoms with Gasteiger partial charge in [-0.3, -0.25) is 9.59 Å². The van der Waals surface area contributed by atoms with Crippen molar-refractivity contribution in [2.45, 2.75) is 25.2 Å². The van der Waals surface area contributed by atoms with Gasteiger partial charge < -0.3 is 9.72 Å². The molecule has 1 rings (SSSR count). The Kier molecular flexibility index (Phi) is 5.08. The largest absolute Gasteiger partial charge is 0.466 e. The Hall–Kier alpha value is -0.940. The van der Waals surface area contributed by atoms with E-state index in [4.69, 9.17) is 16.3 Å². The molecule has 1 heterocycles. The zero-order valence-electron chi connectivity index (χ0n) is 9.93. The van der Waals surface area contributed by atoms with Gasteiger partial charge in [-0.1, -0.05) is 0 Å². The molecule has 0 aliphatic rings. The number of rotatable bonds is 5. The molecule has 0 bridgehead atoms. The van der Waals surface area contributed by atoms with E-state index in [1.165, 1.54) is 11.8 Å². The lowest BCUT2D eigenvalue weighted by molar-refractivity contribution is -0.142. The number of hydrogen-bond donors (Lipinski definition) is 1. The Morgan fingerprint density at radius 1 is 1.47 bits per heavy atom. The molecule has 4 nitrogen and oxygen atoms in total. The summed E-state index contributed by atoms with van der Waals surface area (Å²) in [5.41, 5.74) is 1.89. The van der Waals surface area contributed by atoms with Crippen molar-refractivity contribution in [1.29, 1.82) is 0 Å². The molecule has 6 heteroatoms. The molecule has 17 heavy (non-hydrogen) atoms. The second-order valence-electron chi connectivity index (χ2n) is 3.39. The van der Waals surface area contributed by atoms with Crippen LogP contribution in [0.3, 0.4) is 0 Å². The summed E-state index contributed by atoms with van der Waals surface area (Å²) in [6.45, 7) is 3.94. The van der Waals surface area contributed by atoms with Crippen molar-refractivity contribution in [2.75, 3.05) is 12.9 Å². The second kappa shape index (κ2) is 6.12. The number of hydrogen-bond acceptors (Lipinski definition) is 4. The molecular formula is C11H14ClNO3S. The minimum Gasteiger partial charge on any atom is -0.466 e. The zero-order chi connectivity index (χ0) is 13.0. The molecule has 0 amide bonds. The van der Waals surface area contributed by atoms with Crippen molar-refractivity contribution < 1.29 is 14.3 Å². The summed E-state index contributed by atoms with van der Waals surface area (Å²) in [5.74, 6) is -0.321. The highest BCUT2D eigenvalue weighted by Crippen LogP contribution is 2.28. The maximum atomic E-state index is 11.4. The van der Waals surface area contributed by atoms with E-state index in [0.717, 1.165) is 10.5 Å². The lowest BCUT2D eigenvalue weighted by atomic mass is 10.2. The van der Waals surface area contributed by atoms with E-state index in [2.05, 4.69) is 4.98 Å². The van der Waals surface area contributed by atoms with Crippen LogP contribution in [0.25, 0.3) is 0 Å². The molecule has 0 unspecified atom stereocenters. The van der Waals surface area contributed by atoms with Crippen LogP contribution in [0.5, 0.6) is 0 Å². The molecule has 0 saturated heterocycles. The minimum absolute atomic E-state index is 0.122. The first-order valence-corrected chi connectivity index (χ1v) is 6.72. The molecule has 0 spiro atoms. The summed E-state index contributed by atoms with van der Waals surface area (Å²) in [6, 6.07) is 0. The van der Waals surface area contributed by atoms with Gasteiger partial charge in [0, 0.05) is 10.6 Å². The van der Waals surface area contributed by atoms with Crippen molar-refractivity contribution in [3.63, 3.8) is 0 Å². The monoisotopic (exact) mass is 275 g/mol. The van der Waals surface area contributed by atoms with Gasteiger partial charge >= 0.3 is 5.97 Å². The first-order chi connectivity index (χ1) is 8.01. The quantitative estimate of drug-likeness (QED) is 0.510. The number of esters is 1. The summed E-state index contributed by atoms with van der Waals surface area (Å²) < 4.78 is 4.86. The normalized spacial score (nSPS) is 10.4. The van der Waals surface area contributed by atoms with Gasteiger partial charge in [-0.05, 0) is 37.3 Å². The lowest BCUT2D eigenvalue weighted by Crippen LogP contribution is -2.08. The number of H-pyrrole nitrogens is 1. The molecule has 1 aromatic heterocycles. The summed E-state index contributed by atoms with van der Waals surface area (Å²) in [5, 5.41) is -0.549. The first kappa shape index (κ1) is 14.1. The van der Waals surface area contributed by atoms with Gasteiger partial charge in [-0.25, -0.2) is 0 Å². The van der Waals surface area contributed by atoms with Crippen molar-refractivity contribution in [3.05, 3.63) is 17.0 Å². The Morgan fingerprint density at radius 3 is 2.53 bits per heavy atom. The van der Waals surface area contributed by atoms with Crippen molar-refractivity contribution in [1.82, 2.24) is 4.98 Å². The molecule has 0 saturated carbocycles. The topological polar surface area (TPSA) is 59.2 Å². The van der Waals surface area contributed by atoms with Gasteiger partial charge in [0.2, 0.25) is 0 Å². The molecular weight excluding hydrogens is 262 g/mol. The van der Waals surface area contributed by atoms with Gasteiger partial charge in [0.05, 0.1) is 13.0 Å². The van der Waals surface area contributed by atoms with Crippen molar-refractivity contribution >= 4 is 34.6 Å². The highest BCUT2D eigenvalue weighted by Gasteiger charge is 2.19. The summed E-state index contributed by atoms with van der Waals surface area (Å²) >= 11 is 6.89. The zero-order valence-corrected chi connectivity index (χ0v) is 11.5. The number of ether oxygens (including phenoxy) is 1. The van der Waals surface area contributed by atoms with Crippen LogP contribution in [0.1, 0.15) is 28.7 Å². The molecule has 1 N–H and O–H groups in total. The standard InChI is InChI=1S/C11H14ClNO3S/c1-4-16-8(14)5-7-6(2)10(17-3)9(13-7)11(12)15/h13H,4-5H2,1-3H3. The van der Waals surface area contributed by atoms with E-state index in [1.54, 1.807) is 6.92 Å². The van der Waals surface area contributed by atoms with Crippen LogP contribution in [-0.4, -0.2) is 29.1 Å². The molecule has 1 aromatic rings. The maximum Gasteiger partial charge on any atom is 0.311 e. The molecule has 0 fully saturated rings. The Balaban J connectivity index is 3.01. The molecule has 0 aliphatic heterocycles. The average molecular weight is 276 g/mol. The van der Waals surface area contributed by atoms with E-state index in [9.17, 15) is 9.59 Å². The van der Waals surface area contributed by atoms with Crippen LogP contribution in [0.4, 0.5) is 0 Å². The fourth-order valence-electron chi connectivity index (χ4n) is 1.55. The predicted molar refractivity (Wildman–Crippen MR) is 67.8 cm³/mol. The van der Waals surface area contributed by atoms with Crippen LogP contribution in [-0.2, 0) is 16.0 Å². The highest BCUT2D eigenvalue weighted by atomic mass is 35.5. The van der Waals surface area contributed by atoms with Gasteiger partial charge in [0.15, 0.2) is 0 Å². The molecule has 0 aliphatic carbocycles. The van der Waals surface area contributed by atoms with Crippen LogP contribution in [0.15, 0.2) is 4.90 Å². The summed E-state index contributed by atoms with van der Waals surface area (Å²) in [4.78, 5) is 26.3. The lowest BCUT2D eigenvalue weighted by Gasteiger charge is -2.01. The Labute approximate surface area is 109 Å². The Morgan fingerprint density at radius 2 is 2.12 bits per heavy atom. The van der Waals surface area contributed by atoms with Gasteiger partial charge in [-0.15, -0.1) is 11.8 Å². The third-order valence-corrected chi connectivity index (χ3v) is 3.43. The van der Waals surface area contributed by atoms with Crippen LogP contribution in [0, 0.1) is 6.92 Å². The van der Waals surface area contributed by atoms with Crippen molar-refractivity contribution in [3.8, 4) is 0 Å². The van der Waals surface area contributed by atoms with Crippen LogP contribution in [0.2, 0.25) is 0 Å². The average Bonchev–Trinajstić information content (AvgIpc) is 2.56. The smallest absolute Gasteiger partial charge is 0.311 e. The number of aromatic nitrogens is 1. The molecule has 0 aromatic carbocycles. The molecule has 94 valence electrons. The van der Waals surface area contributed by atoms with Gasteiger partial charge in [0.25, 0.3) is 5.24 Å². The summed E-state index contributed by atoms with van der Waals surface area (Å²) in [6.07, 6.45) is 1.98. The van der Waals surface area contributed by atoms with E-state index in [1.807, 2.05) is 13.2 Å². The highest BCUT2D eigenvalue weighted by molar-refractivity contribution is 7.98. The van der Waals surface area contributed by atoms with Crippen LogP contribution >= 0.6 is 23.4 Å².